The Morgan fingerprint density at radius 1 is 1.39 bits per heavy atom. The normalized spacial score (nSPS) is 18.9. The summed E-state index contributed by atoms with van der Waals surface area (Å²) in [6.45, 7) is 0.600. The zero-order valence-electron chi connectivity index (χ0n) is 9.67. The lowest BCUT2D eigenvalue weighted by atomic mass is 10.1. The van der Waals surface area contributed by atoms with Gasteiger partial charge in [0.05, 0.1) is 11.0 Å². The number of aromatic hydroxyl groups is 2. The van der Waals surface area contributed by atoms with Crippen molar-refractivity contribution in [3.05, 3.63) is 23.8 Å². The Morgan fingerprint density at radius 2 is 2.11 bits per heavy atom. The van der Waals surface area contributed by atoms with Crippen LogP contribution >= 0.6 is 12.2 Å². The number of amides is 1. The van der Waals surface area contributed by atoms with Crippen molar-refractivity contribution in [2.75, 3.05) is 6.54 Å². The highest BCUT2D eigenvalue weighted by Crippen LogP contribution is 2.27. The number of nitrogens with two attached hydrogens (primary N) is 1. The second kappa shape index (κ2) is 4.81. The molecule has 4 N–H and O–H groups in total. The predicted molar refractivity (Wildman–Crippen MR) is 70.6 cm³/mol. The first-order chi connectivity index (χ1) is 8.50. The molecule has 1 unspecified atom stereocenters. The number of hydrogen-bond acceptors (Lipinski definition) is 4. The summed E-state index contributed by atoms with van der Waals surface area (Å²) >= 11 is 4.94. The Labute approximate surface area is 110 Å². The van der Waals surface area contributed by atoms with Crippen LogP contribution in [-0.2, 0) is 0 Å². The van der Waals surface area contributed by atoms with Gasteiger partial charge in [0.2, 0.25) is 0 Å². The van der Waals surface area contributed by atoms with Crippen LogP contribution in [0.15, 0.2) is 18.2 Å². The van der Waals surface area contributed by atoms with Gasteiger partial charge in [0, 0.05) is 12.1 Å². The van der Waals surface area contributed by atoms with E-state index in [9.17, 15) is 15.0 Å². The van der Waals surface area contributed by atoms with Gasteiger partial charge in [-0.3, -0.25) is 4.79 Å². The van der Waals surface area contributed by atoms with Gasteiger partial charge in [-0.25, -0.2) is 0 Å². The van der Waals surface area contributed by atoms with Gasteiger partial charge in [-0.1, -0.05) is 12.2 Å². The van der Waals surface area contributed by atoms with Crippen LogP contribution in [0.1, 0.15) is 23.2 Å². The summed E-state index contributed by atoms with van der Waals surface area (Å²) in [5, 5.41) is 18.6. The van der Waals surface area contributed by atoms with Gasteiger partial charge < -0.3 is 20.8 Å². The van der Waals surface area contributed by atoms with Gasteiger partial charge in [-0.15, -0.1) is 0 Å². The van der Waals surface area contributed by atoms with E-state index in [1.165, 1.54) is 18.2 Å². The monoisotopic (exact) mass is 266 g/mol. The number of carbonyl (C=O) groups excluding carboxylic acids is 1. The third kappa shape index (κ3) is 2.24. The second-order valence-corrected chi connectivity index (χ2v) is 4.73. The van der Waals surface area contributed by atoms with Crippen molar-refractivity contribution < 1.29 is 15.0 Å². The number of likely N-dealkylation sites (tertiary alicyclic amines) is 1. The van der Waals surface area contributed by atoms with Crippen LogP contribution in [0.2, 0.25) is 0 Å². The number of carbonyl (C=O) groups is 1. The molecule has 0 bridgehead atoms. The first kappa shape index (κ1) is 12.6. The van der Waals surface area contributed by atoms with Crippen LogP contribution in [0.4, 0.5) is 0 Å². The lowest BCUT2D eigenvalue weighted by Gasteiger charge is -2.23. The second-order valence-electron chi connectivity index (χ2n) is 4.26. The van der Waals surface area contributed by atoms with E-state index in [1.807, 2.05) is 0 Å². The van der Waals surface area contributed by atoms with Crippen molar-refractivity contribution in [2.45, 2.75) is 18.9 Å². The number of phenolic OH excluding ortho intramolecular Hbond substituents is 2. The van der Waals surface area contributed by atoms with E-state index >= 15 is 0 Å². The van der Waals surface area contributed by atoms with Crippen molar-refractivity contribution in [3.63, 3.8) is 0 Å². The van der Waals surface area contributed by atoms with E-state index in [0.717, 1.165) is 12.8 Å². The first-order valence-electron chi connectivity index (χ1n) is 5.63. The molecule has 0 aliphatic carbocycles. The van der Waals surface area contributed by atoms with E-state index in [0.29, 0.717) is 17.1 Å². The van der Waals surface area contributed by atoms with Crippen molar-refractivity contribution in [3.8, 4) is 11.5 Å². The standard InChI is InChI=1S/C12H14N2O3S/c13-11(18)8-2-1-5-14(8)12(17)7-3-4-9(15)10(16)6-7/h3-4,6,8,15-16H,1-2,5H2,(H2,13,18). The third-order valence-corrected chi connectivity index (χ3v) is 3.34. The molecule has 0 aromatic heterocycles. The van der Waals surface area contributed by atoms with E-state index in [1.54, 1.807) is 4.90 Å². The molecule has 1 aliphatic heterocycles. The summed E-state index contributed by atoms with van der Waals surface area (Å²) in [5.41, 5.74) is 5.92. The molecule has 6 heteroatoms. The molecule has 1 atom stereocenters. The van der Waals surface area contributed by atoms with Gasteiger partial charge in [0.15, 0.2) is 11.5 Å². The van der Waals surface area contributed by atoms with Gasteiger partial charge in [0.25, 0.3) is 5.91 Å². The number of rotatable bonds is 2. The summed E-state index contributed by atoms with van der Waals surface area (Å²) in [6.07, 6.45) is 1.63. The predicted octanol–water partition coefficient (Wildman–Crippen LogP) is 0.988. The molecule has 1 amide bonds. The largest absolute Gasteiger partial charge is 0.504 e. The molecule has 18 heavy (non-hydrogen) atoms. The number of phenols is 2. The zero-order chi connectivity index (χ0) is 13.3. The maximum absolute atomic E-state index is 12.2. The fourth-order valence-electron chi connectivity index (χ4n) is 2.13. The molecule has 1 aliphatic rings. The van der Waals surface area contributed by atoms with Crippen molar-refractivity contribution in [2.24, 2.45) is 5.73 Å². The highest BCUT2D eigenvalue weighted by molar-refractivity contribution is 7.80. The minimum Gasteiger partial charge on any atom is -0.504 e. The number of hydrogen-bond donors (Lipinski definition) is 3. The molecule has 0 saturated carbocycles. The van der Waals surface area contributed by atoms with E-state index in [2.05, 4.69) is 0 Å². The van der Waals surface area contributed by atoms with Crippen LogP contribution in [0.25, 0.3) is 0 Å². The fraction of sp³-hybridized carbons (Fsp3) is 0.333. The number of thiocarbonyl (C=S) groups is 1. The van der Waals surface area contributed by atoms with Crippen LogP contribution in [0, 0.1) is 0 Å². The van der Waals surface area contributed by atoms with Crippen molar-refractivity contribution in [1.29, 1.82) is 0 Å². The Balaban J connectivity index is 2.25. The van der Waals surface area contributed by atoms with Gasteiger partial charge >= 0.3 is 0 Å². The van der Waals surface area contributed by atoms with E-state index in [-0.39, 0.29) is 23.4 Å². The van der Waals surface area contributed by atoms with Gasteiger partial charge in [-0.05, 0) is 31.0 Å². The summed E-state index contributed by atoms with van der Waals surface area (Å²) in [7, 11) is 0. The van der Waals surface area contributed by atoms with Gasteiger partial charge in [-0.2, -0.15) is 0 Å². The van der Waals surface area contributed by atoms with E-state index < -0.39 is 0 Å². The van der Waals surface area contributed by atoms with Crippen LogP contribution in [0.5, 0.6) is 11.5 Å². The molecule has 1 fully saturated rings. The lowest BCUT2D eigenvalue weighted by molar-refractivity contribution is 0.0770. The molecule has 2 rings (SSSR count). The Hall–Kier alpha value is -1.82. The van der Waals surface area contributed by atoms with Gasteiger partial charge in [0.1, 0.15) is 0 Å². The summed E-state index contributed by atoms with van der Waals surface area (Å²) in [4.78, 5) is 14.2. The van der Waals surface area contributed by atoms with Crippen LogP contribution in [0.3, 0.4) is 0 Å². The summed E-state index contributed by atoms with van der Waals surface area (Å²) in [6, 6.07) is 3.77. The molecule has 5 nitrogen and oxygen atoms in total. The maximum Gasteiger partial charge on any atom is 0.254 e. The van der Waals surface area contributed by atoms with Crippen LogP contribution in [-0.4, -0.2) is 38.6 Å². The van der Waals surface area contributed by atoms with Crippen molar-refractivity contribution >= 4 is 23.1 Å². The Bertz CT molecular complexity index is 504. The third-order valence-electron chi connectivity index (χ3n) is 3.06. The van der Waals surface area contributed by atoms with Crippen molar-refractivity contribution in [1.82, 2.24) is 4.90 Å². The molecular formula is C12H14N2O3S. The average molecular weight is 266 g/mol. The quantitative estimate of drug-likeness (QED) is 0.549. The number of benzene rings is 1. The molecule has 1 heterocycles. The minimum absolute atomic E-state index is 0.219. The maximum atomic E-state index is 12.2. The van der Waals surface area contributed by atoms with Crippen LogP contribution < -0.4 is 5.73 Å². The molecule has 1 aromatic rings. The molecule has 1 aromatic carbocycles. The fourth-order valence-corrected chi connectivity index (χ4v) is 2.37. The number of nitrogens with zero attached hydrogens (tertiary/aromatic N) is 1. The minimum atomic E-state index is -0.313. The molecule has 0 spiro atoms. The zero-order valence-corrected chi connectivity index (χ0v) is 10.5. The lowest BCUT2D eigenvalue weighted by Crippen LogP contribution is -2.42. The van der Waals surface area contributed by atoms with E-state index in [4.69, 9.17) is 18.0 Å². The molecule has 1 saturated heterocycles. The smallest absolute Gasteiger partial charge is 0.254 e. The Morgan fingerprint density at radius 3 is 2.72 bits per heavy atom. The average Bonchev–Trinajstić information content (AvgIpc) is 2.81. The molecular weight excluding hydrogens is 252 g/mol. The SMILES string of the molecule is NC(=S)C1CCCN1C(=O)c1ccc(O)c(O)c1. The highest BCUT2D eigenvalue weighted by atomic mass is 32.1. The highest BCUT2D eigenvalue weighted by Gasteiger charge is 2.31. The first-order valence-corrected chi connectivity index (χ1v) is 6.04. The summed E-state index contributed by atoms with van der Waals surface area (Å²) in [5.74, 6) is -0.800. The summed E-state index contributed by atoms with van der Waals surface area (Å²) < 4.78 is 0. The molecule has 96 valence electrons. The Kier molecular flexibility index (Phi) is 3.38. The molecule has 0 radical (unpaired) electrons. The topological polar surface area (TPSA) is 86.8 Å².